The Morgan fingerprint density at radius 3 is 2.67 bits per heavy atom. The number of halogens is 1. The van der Waals surface area contributed by atoms with Crippen LogP contribution in [0.3, 0.4) is 0 Å². The van der Waals surface area contributed by atoms with Crippen molar-refractivity contribution in [1.29, 1.82) is 0 Å². The summed E-state index contributed by atoms with van der Waals surface area (Å²) in [7, 11) is -0.493. The summed E-state index contributed by atoms with van der Waals surface area (Å²) in [5.41, 5.74) is 0. The molecule has 1 fully saturated rings. The van der Waals surface area contributed by atoms with Crippen LogP contribution in [0.15, 0.2) is 0 Å². The Balaban J connectivity index is 2.18. The fourth-order valence-corrected chi connectivity index (χ4v) is 1.82. The second-order valence-corrected chi connectivity index (χ2v) is 3.70. The Morgan fingerprint density at radius 1 is 1.67 bits per heavy atom. The first-order chi connectivity index (χ1) is 2.89. The molecule has 1 unspecified atom stereocenters. The summed E-state index contributed by atoms with van der Waals surface area (Å²) in [6.07, 6.45) is 2.26. The zero-order chi connectivity index (χ0) is 4.41. The van der Waals surface area contributed by atoms with Gasteiger partial charge in [-0.25, -0.2) is 0 Å². The predicted molar refractivity (Wildman–Crippen MR) is 28.2 cm³/mol. The largest absolute Gasteiger partial charge is 0.343 e. The average molecular weight is 125 g/mol. The third kappa shape index (κ3) is 1.07. The molecule has 1 rings (SSSR count). The van der Waals surface area contributed by atoms with Crippen LogP contribution < -0.4 is 0 Å². The van der Waals surface area contributed by atoms with Gasteiger partial charge in [-0.05, 0) is 6.42 Å². The van der Waals surface area contributed by atoms with Crippen LogP contribution in [-0.4, -0.2) is 12.8 Å². The quantitative estimate of drug-likeness (QED) is 0.449. The lowest BCUT2D eigenvalue weighted by atomic mass is 10.5. The molecule has 0 aromatic carbocycles. The van der Waals surface area contributed by atoms with Gasteiger partial charge in [0.1, 0.15) is 7.50 Å². The molecule has 0 spiro atoms. The lowest BCUT2D eigenvalue weighted by Gasteiger charge is -1.90. The fraction of sp³-hybridized carbons (Fsp3) is 1.00. The van der Waals surface area contributed by atoms with E-state index in [-0.39, 0.29) is 0 Å². The van der Waals surface area contributed by atoms with E-state index in [9.17, 15) is 0 Å². The molecule has 1 saturated heterocycles. The van der Waals surface area contributed by atoms with Gasteiger partial charge in [0.15, 0.2) is 0 Å². The van der Waals surface area contributed by atoms with Crippen molar-refractivity contribution in [2.45, 2.75) is 6.42 Å². The van der Waals surface area contributed by atoms with Crippen molar-refractivity contribution in [1.82, 2.24) is 0 Å². The molecule has 0 aromatic heterocycles. The van der Waals surface area contributed by atoms with Gasteiger partial charge >= 0.3 is 0 Å². The summed E-state index contributed by atoms with van der Waals surface area (Å²) in [5, 5.41) is 0. The smallest absolute Gasteiger partial charge is 0.124 e. The highest BCUT2D eigenvalue weighted by atomic mass is 35.7. The van der Waals surface area contributed by atoms with Gasteiger partial charge < -0.3 is 4.52 Å². The van der Waals surface area contributed by atoms with E-state index in [1.165, 1.54) is 0 Å². The van der Waals surface area contributed by atoms with Crippen molar-refractivity contribution in [3.05, 3.63) is 0 Å². The van der Waals surface area contributed by atoms with Gasteiger partial charge in [0, 0.05) is 6.16 Å². The minimum Gasteiger partial charge on any atom is -0.343 e. The molecule has 0 aliphatic carbocycles. The molecule has 1 aliphatic heterocycles. The molecule has 0 N–H and O–H groups in total. The molecule has 0 radical (unpaired) electrons. The average Bonchev–Trinajstić information content (AvgIpc) is 1.86. The summed E-state index contributed by atoms with van der Waals surface area (Å²) in [6, 6.07) is 0. The second-order valence-electron chi connectivity index (χ2n) is 1.23. The SMILES string of the molecule is ClP1CCCO1. The Kier molecular flexibility index (Phi) is 1.70. The fourth-order valence-electron chi connectivity index (χ4n) is 0.417. The number of hydrogen-bond acceptors (Lipinski definition) is 1. The topological polar surface area (TPSA) is 9.23 Å². The highest BCUT2D eigenvalue weighted by Crippen LogP contribution is 2.47. The lowest BCUT2D eigenvalue weighted by Crippen LogP contribution is -1.69. The molecule has 0 aromatic rings. The third-order valence-electron chi connectivity index (χ3n) is 0.710. The van der Waals surface area contributed by atoms with Crippen molar-refractivity contribution in [2.75, 3.05) is 12.8 Å². The second kappa shape index (κ2) is 2.11. The van der Waals surface area contributed by atoms with Crippen molar-refractivity contribution in [3.8, 4) is 0 Å². The van der Waals surface area contributed by atoms with E-state index in [1.54, 1.807) is 0 Å². The first-order valence-corrected chi connectivity index (χ1v) is 4.31. The first kappa shape index (κ1) is 4.83. The van der Waals surface area contributed by atoms with Crippen LogP contribution in [0, 0.1) is 0 Å². The normalized spacial score (nSPS) is 34.5. The van der Waals surface area contributed by atoms with Gasteiger partial charge in [0.2, 0.25) is 0 Å². The minimum atomic E-state index is -0.493. The predicted octanol–water partition coefficient (Wildman–Crippen LogP) is 1.96. The zero-order valence-corrected chi connectivity index (χ0v) is 5.01. The Bertz CT molecular complexity index is 44.1. The summed E-state index contributed by atoms with van der Waals surface area (Å²) < 4.78 is 4.98. The summed E-state index contributed by atoms with van der Waals surface area (Å²) in [4.78, 5) is 0. The Labute approximate surface area is 43.3 Å². The van der Waals surface area contributed by atoms with E-state index in [1.807, 2.05) is 0 Å². The molecular weight excluding hydrogens is 118 g/mol. The summed E-state index contributed by atoms with van der Waals surface area (Å²) in [5.74, 6) is 0. The molecule has 6 heavy (non-hydrogen) atoms. The lowest BCUT2D eigenvalue weighted by molar-refractivity contribution is 0.393. The van der Waals surface area contributed by atoms with Crippen LogP contribution >= 0.6 is 18.7 Å². The van der Waals surface area contributed by atoms with Gasteiger partial charge in [-0.15, -0.1) is 0 Å². The molecule has 1 atom stereocenters. The van der Waals surface area contributed by atoms with E-state index < -0.39 is 7.50 Å². The van der Waals surface area contributed by atoms with Crippen LogP contribution in [0.5, 0.6) is 0 Å². The van der Waals surface area contributed by atoms with Crippen LogP contribution in [-0.2, 0) is 4.52 Å². The number of rotatable bonds is 0. The molecule has 0 saturated carbocycles. The van der Waals surface area contributed by atoms with Crippen molar-refractivity contribution < 1.29 is 4.52 Å². The van der Waals surface area contributed by atoms with E-state index in [0.29, 0.717) is 0 Å². The van der Waals surface area contributed by atoms with Crippen LogP contribution in [0.4, 0.5) is 0 Å². The van der Waals surface area contributed by atoms with E-state index in [0.717, 1.165) is 19.2 Å². The third-order valence-corrected chi connectivity index (χ3v) is 2.64. The molecule has 3 heteroatoms. The van der Waals surface area contributed by atoms with Crippen molar-refractivity contribution >= 4 is 18.7 Å². The molecular formula is C3H6ClOP. The summed E-state index contributed by atoms with van der Waals surface area (Å²) >= 11 is 5.55. The standard InChI is InChI=1S/C3H6ClOP/c4-6-3-1-2-5-6/h1-3H2. The maximum Gasteiger partial charge on any atom is 0.124 e. The van der Waals surface area contributed by atoms with Gasteiger partial charge in [0.25, 0.3) is 0 Å². The monoisotopic (exact) mass is 124 g/mol. The van der Waals surface area contributed by atoms with Crippen molar-refractivity contribution in [3.63, 3.8) is 0 Å². The highest BCUT2D eigenvalue weighted by molar-refractivity contribution is 7.80. The van der Waals surface area contributed by atoms with Crippen LogP contribution in [0.1, 0.15) is 6.42 Å². The van der Waals surface area contributed by atoms with Gasteiger partial charge in [0.05, 0.1) is 6.61 Å². The Hall–Kier alpha value is 0.680. The molecule has 1 heterocycles. The van der Waals surface area contributed by atoms with Crippen LogP contribution in [0.25, 0.3) is 0 Å². The molecule has 0 amide bonds. The van der Waals surface area contributed by atoms with Gasteiger partial charge in [-0.1, -0.05) is 11.2 Å². The summed E-state index contributed by atoms with van der Waals surface area (Å²) in [6.45, 7) is 0.884. The zero-order valence-electron chi connectivity index (χ0n) is 3.35. The molecule has 36 valence electrons. The van der Waals surface area contributed by atoms with E-state index in [4.69, 9.17) is 15.8 Å². The first-order valence-electron chi connectivity index (χ1n) is 1.96. The van der Waals surface area contributed by atoms with E-state index in [2.05, 4.69) is 0 Å². The van der Waals surface area contributed by atoms with Crippen molar-refractivity contribution in [2.24, 2.45) is 0 Å². The molecule has 1 aliphatic rings. The van der Waals surface area contributed by atoms with Crippen LogP contribution in [0.2, 0.25) is 0 Å². The van der Waals surface area contributed by atoms with Gasteiger partial charge in [-0.3, -0.25) is 0 Å². The molecule has 1 nitrogen and oxygen atoms in total. The maximum absolute atomic E-state index is 5.55. The Morgan fingerprint density at radius 2 is 2.50 bits per heavy atom. The minimum absolute atomic E-state index is 0.493. The number of hydrogen-bond donors (Lipinski definition) is 0. The maximum atomic E-state index is 5.55. The molecule has 0 bridgehead atoms. The van der Waals surface area contributed by atoms with Gasteiger partial charge in [-0.2, -0.15) is 0 Å². The highest BCUT2D eigenvalue weighted by Gasteiger charge is 2.10. The van der Waals surface area contributed by atoms with E-state index >= 15 is 0 Å².